The third-order valence-electron chi connectivity index (χ3n) is 8.76. The third kappa shape index (κ3) is 9.82. The first-order valence-electron chi connectivity index (χ1n) is 16.4. The molecule has 0 fully saturated rings. The average Bonchev–Trinajstić information content (AvgIpc) is 3.34. The van der Waals surface area contributed by atoms with E-state index in [1.54, 1.807) is 0 Å². The Morgan fingerprint density at radius 2 is 0.211 bits per heavy atom. The van der Waals surface area contributed by atoms with Crippen molar-refractivity contribution in [2.45, 2.75) is 0 Å². The second kappa shape index (κ2) is 22.2. The van der Waals surface area contributed by atoms with Gasteiger partial charge in [0.25, 0.3) is 0 Å². The molecule has 0 aliphatic rings. The average molecular weight is 1240 g/mol. The molecule has 0 heterocycles. The first-order valence-corrected chi connectivity index (χ1v) is 23.4. The van der Waals surface area contributed by atoms with E-state index in [9.17, 15) is 132 Å². The zero-order valence-corrected chi connectivity index (χ0v) is 36.5. The SMILES string of the molecule is Fc1c(F)c(F)c([PH+](c2c(F)c(F)c(F)c(F)c2F)c2c(F)c(F)c(F)c(F)c2F)c(F)c1F.Fc1c(F)c(F)c([PH+](c2c(F)c(F)c(F)c(F)c2F)c2c(F)c(F)c(F)c(F)c2F)c(F)c1F.[Cl][Pd][Cl]. The van der Waals surface area contributed by atoms with Gasteiger partial charge in [0.2, 0.25) is 175 Å². The molecule has 0 aliphatic carbocycles. The second-order valence-electron chi connectivity index (χ2n) is 12.5. The normalized spacial score (nSPS) is 11.5. The maximum absolute atomic E-state index is 14.4. The first kappa shape index (κ1) is 58.9. The van der Waals surface area contributed by atoms with Crippen molar-refractivity contribution in [2.24, 2.45) is 0 Å². The molecule has 0 unspecified atom stereocenters. The van der Waals surface area contributed by atoms with Crippen molar-refractivity contribution < 1.29 is 148 Å². The van der Waals surface area contributed by atoms with Gasteiger partial charge in [-0.05, 0) is 0 Å². The molecule has 0 N–H and O–H groups in total. The van der Waals surface area contributed by atoms with Crippen LogP contribution in [-0.4, -0.2) is 0 Å². The molecule has 6 rings (SSSR count). The Morgan fingerprint density at radius 1 is 0.155 bits per heavy atom. The number of rotatable bonds is 6. The summed E-state index contributed by atoms with van der Waals surface area (Å²) in [6, 6.07) is 0. The Balaban J connectivity index is 0.000000292. The quantitative estimate of drug-likeness (QED) is 0.0513. The van der Waals surface area contributed by atoms with Gasteiger partial charge >= 0.3 is 35.0 Å². The summed E-state index contributed by atoms with van der Waals surface area (Å²) < 4.78 is 418. The third-order valence-corrected chi connectivity index (χ3v) is 14.4. The molecule has 35 heteroatoms. The van der Waals surface area contributed by atoms with Crippen molar-refractivity contribution in [3.63, 3.8) is 0 Å². The standard InChI is InChI=1S/2C18F15P.2ClH.Pd/c2*19-1-4(22)10(28)16(11(29)5(1)23)34(17-12(30)6(24)2(20)7(25)13(17)31)18-14(32)8(26)3(21)9(27)15(18)33;;;/h;;2*1H;/q;;;;+2. The molecule has 6 aromatic rings. The van der Waals surface area contributed by atoms with Crippen LogP contribution in [0.3, 0.4) is 0 Å². The molecule has 0 radical (unpaired) electrons. The number of halogens is 32. The van der Waals surface area contributed by atoms with E-state index in [0.717, 1.165) is 0 Å². The zero-order chi connectivity index (χ0) is 54.6. The van der Waals surface area contributed by atoms with Gasteiger partial charge in [-0.3, -0.25) is 0 Å². The summed E-state index contributed by atoms with van der Waals surface area (Å²) in [6.45, 7) is 0. The fourth-order valence-electron chi connectivity index (χ4n) is 5.70. The molecular formula is C36H2Cl2F30P2Pd+2. The van der Waals surface area contributed by atoms with Crippen LogP contribution < -0.4 is 31.8 Å². The molecule has 0 saturated carbocycles. The van der Waals surface area contributed by atoms with Gasteiger partial charge in [-0.25, -0.2) is 79.0 Å². The second-order valence-corrected chi connectivity index (χ2v) is 19.3. The van der Waals surface area contributed by atoms with Crippen molar-refractivity contribution in [1.82, 2.24) is 0 Å². The predicted molar refractivity (Wildman–Crippen MR) is 184 cm³/mol. The van der Waals surface area contributed by atoms with Gasteiger partial charge in [0.15, 0.2) is 31.8 Å². The van der Waals surface area contributed by atoms with E-state index in [-0.39, 0.29) is 15.9 Å². The topological polar surface area (TPSA) is 0 Å². The van der Waals surface area contributed by atoms with Crippen molar-refractivity contribution in [2.75, 3.05) is 0 Å². The molecule has 71 heavy (non-hydrogen) atoms. The maximum atomic E-state index is 14.4. The van der Waals surface area contributed by atoms with Gasteiger partial charge in [-0.2, -0.15) is 52.7 Å². The van der Waals surface area contributed by atoms with Gasteiger partial charge in [0.1, 0.15) is 15.8 Å². The van der Waals surface area contributed by atoms with Crippen LogP contribution in [0.5, 0.6) is 0 Å². The molecule has 0 saturated heterocycles. The van der Waals surface area contributed by atoms with E-state index in [4.69, 9.17) is 19.1 Å². The summed E-state index contributed by atoms with van der Waals surface area (Å²) in [6.07, 6.45) is 0. The van der Waals surface area contributed by atoms with Gasteiger partial charge in [-0.15, -0.1) is 0 Å². The first-order chi connectivity index (χ1) is 32.7. The van der Waals surface area contributed by atoms with E-state index >= 15 is 0 Å². The summed E-state index contributed by atoms with van der Waals surface area (Å²) in [4.78, 5) is 0. The predicted octanol–water partition coefficient (Wildman–Crippen LogP) is 11.9. The van der Waals surface area contributed by atoms with Crippen LogP contribution in [0.2, 0.25) is 0 Å². The Hall–Kier alpha value is -4.68. The van der Waals surface area contributed by atoms with Crippen LogP contribution in [-0.2, 0) is 15.9 Å². The Morgan fingerprint density at radius 3 is 0.282 bits per heavy atom. The van der Waals surface area contributed by atoms with Crippen LogP contribution >= 0.6 is 34.9 Å². The molecule has 0 spiro atoms. The van der Waals surface area contributed by atoms with Crippen LogP contribution in [0.25, 0.3) is 0 Å². The number of hydrogen-bond acceptors (Lipinski definition) is 0. The summed E-state index contributed by atoms with van der Waals surface area (Å²) in [5.41, 5.74) is 0. The minimum absolute atomic E-state index is 0.106. The molecule has 0 aromatic heterocycles. The van der Waals surface area contributed by atoms with E-state index < -0.39 is 222 Å². The molecule has 0 amide bonds. The van der Waals surface area contributed by atoms with Crippen molar-refractivity contribution in [3.05, 3.63) is 175 Å². The summed E-state index contributed by atoms with van der Waals surface area (Å²) >= 11 is -0.106. The van der Waals surface area contributed by atoms with E-state index in [1.807, 2.05) is 0 Å². The summed E-state index contributed by atoms with van der Waals surface area (Å²) in [5, 5.41) is -15.5. The Kier molecular flexibility index (Phi) is 18.4. The van der Waals surface area contributed by atoms with Crippen molar-refractivity contribution >= 4 is 66.7 Å². The number of hydrogen-bond donors (Lipinski definition) is 0. The van der Waals surface area contributed by atoms with Crippen LogP contribution in [0.4, 0.5) is 132 Å². The fourth-order valence-corrected chi connectivity index (χ4v) is 11.1. The number of benzene rings is 6. The Labute approximate surface area is 388 Å². The van der Waals surface area contributed by atoms with Gasteiger partial charge in [0, 0.05) is 0 Å². The van der Waals surface area contributed by atoms with Gasteiger partial charge < -0.3 is 0 Å². The van der Waals surface area contributed by atoms with Crippen LogP contribution in [0, 0.1) is 175 Å². The van der Waals surface area contributed by atoms with Crippen molar-refractivity contribution in [3.8, 4) is 0 Å². The minimum atomic E-state index is -5.43. The van der Waals surface area contributed by atoms with Crippen LogP contribution in [0.15, 0.2) is 0 Å². The molecule has 0 aliphatic heterocycles. The fraction of sp³-hybridized carbons (Fsp3) is 0. The molecule has 0 bridgehead atoms. The molecule has 0 nitrogen and oxygen atoms in total. The van der Waals surface area contributed by atoms with Gasteiger partial charge in [0.05, 0.1) is 0 Å². The van der Waals surface area contributed by atoms with E-state index in [1.165, 1.54) is 0 Å². The Bertz CT molecular complexity index is 2480. The molecule has 388 valence electrons. The summed E-state index contributed by atoms with van der Waals surface area (Å²) in [7, 11) is -1.23. The zero-order valence-electron chi connectivity index (χ0n) is 31.4. The summed E-state index contributed by atoms with van der Waals surface area (Å²) in [5.74, 6) is -89.5. The van der Waals surface area contributed by atoms with Crippen LogP contribution in [0.1, 0.15) is 0 Å². The molecular weight excluding hydrogens is 1240 g/mol. The molecule has 0 atom stereocenters. The van der Waals surface area contributed by atoms with E-state index in [2.05, 4.69) is 0 Å². The van der Waals surface area contributed by atoms with Crippen molar-refractivity contribution in [1.29, 1.82) is 0 Å². The molecule has 6 aromatic carbocycles. The monoisotopic (exact) mass is 1240 g/mol. The van der Waals surface area contributed by atoms with E-state index in [0.29, 0.717) is 0 Å². The van der Waals surface area contributed by atoms with Gasteiger partial charge in [-0.1, -0.05) is 0 Å².